The fraction of sp³-hybridized carbons (Fsp3) is 0.378. The zero-order valence-electron chi connectivity index (χ0n) is 36.3. The highest BCUT2D eigenvalue weighted by atomic mass is 16.5. The molecule has 6 aromatic heterocycles. The highest BCUT2D eigenvalue weighted by molar-refractivity contribution is 5.86. The molecule has 0 saturated carbocycles. The number of carbonyl (C=O) groups is 4. The monoisotopic (exact) mass is 880 g/mol. The van der Waals surface area contributed by atoms with Gasteiger partial charge in [0.1, 0.15) is 46.8 Å². The fourth-order valence-corrected chi connectivity index (χ4v) is 8.48. The number of nitrogens with two attached hydrogens (primary N) is 1. The third kappa shape index (κ3) is 8.96. The normalized spacial score (nSPS) is 19.7. The number of nitrogens with one attached hydrogen (secondary N) is 2. The third-order valence-electron chi connectivity index (χ3n) is 12.2. The average molecular weight is 881 g/mol. The molecule has 0 bridgehead atoms. The van der Waals surface area contributed by atoms with Crippen LogP contribution < -0.4 is 16.4 Å². The number of rotatable bonds is 13. The van der Waals surface area contributed by atoms with Crippen molar-refractivity contribution in [3.05, 3.63) is 84.1 Å². The SMILES string of the molecule is C[C@H](Nc1nccc(-c2cc(C3CCCN(C(=O)[C@H](C)Nc4nccc(-c5cccc(-c6cc([C@@H]7CCN(C)C7=O)on6)n5)n4)C3)cc(-c3cc([C@@H]4CCN(C)C4=O)on3)n2)n1)C(N)=O. The molecule has 4 N–H and O–H groups in total. The van der Waals surface area contributed by atoms with Crippen molar-refractivity contribution in [1.29, 1.82) is 0 Å². The van der Waals surface area contributed by atoms with Crippen LogP contribution in [0.25, 0.3) is 45.6 Å². The number of hydrogen-bond acceptors (Lipinski definition) is 16. The van der Waals surface area contributed by atoms with Crippen molar-refractivity contribution in [2.75, 3.05) is 50.9 Å². The molecule has 4 amide bonds. The Labute approximate surface area is 373 Å². The van der Waals surface area contributed by atoms with Gasteiger partial charge in [-0.25, -0.2) is 29.9 Å². The van der Waals surface area contributed by atoms with Crippen LogP contribution in [0.1, 0.15) is 74.4 Å². The number of carbonyl (C=O) groups excluding carboxylic acids is 4. The van der Waals surface area contributed by atoms with Gasteiger partial charge in [-0.2, -0.15) is 0 Å². The first-order valence-electron chi connectivity index (χ1n) is 21.6. The molecule has 0 aromatic carbocycles. The van der Waals surface area contributed by atoms with Crippen molar-refractivity contribution in [2.24, 2.45) is 5.73 Å². The van der Waals surface area contributed by atoms with Gasteiger partial charge in [-0.05, 0) is 81.5 Å². The first-order valence-corrected chi connectivity index (χ1v) is 21.6. The van der Waals surface area contributed by atoms with Crippen molar-refractivity contribution in [2.45, 2.75) is 69.4 Å². The van der Waals surface area contributed by atoms with Crippen LogP contribution in [0.15, 0.2) is 76.0 Å². The summed E-state index contributed by atoms with van der Waals surface area (Å²) >= 11 is 0. The molecule has 20 heteroatoms. The highest BCUT2D eigenvalue weighted by Crippen LogP contribution is 2.36. The van der Waals surface area contributed by atoms with E-state index in [1.165, 1.54) is 0 Å². The number of amides is 4. The van der Waals surface area contributed by atoms with Gasteiger partial charge in [-0.1, -0.05) is 16.4 Å². The lowest BCUT2D eigenvalue weighted by molar-refractivity contribution is -0.133. The minimum absolute atomic E-state index is 0.00757. The second-order valence-electron chi connectivity index (χ2n) is 16.8. The molecule has 0 aliphatic carbocycles. The van der Waals surface area contributed by atoms with Crippen molar-refractivity contribution in [3.8, 4) is 45.6 Å². The van der Waals surface area contributed by atoms with Crippen LogP contribution in [0.4, 0.5) is 11.9 Å². The van der Waals surface area contributed by atoms with Crippen LogP contribution in [0.3, 0.4) is 0 Å². The summed E-state index contributed by atoms with van der Waals surface area (Å²) in [5, 5.41) is 14.7. The summed E-state index contributed by atoms with van der Waals surface area (Å²) in [6.07, 6.45) is 6.03. The predicted molar refractivity (Wildman–Crippen MR) is 235 cm³/mol. The Morgan fingerprint density at radius 2 is 1.17 bits per heavy atom. The van der Waals surface area contributed by atoms with Crippen molar-refractivity contribution >= 4 is 35.5 Å². The molecule has 334 valence electrons. The van der Waals surface area contributed by atoms with Crippen molar-refractivity contribution < 1.29 is 28.2 Å². The van der Waals surface area contributed by atoms with Crippen LogP contribution in [0.5, 0.6) is 0 Å². The molecule has 9 rings (SSSR count). The van der Waals surface area contributed by atoms with Gasteiger partial charge in [0.15, 0.2) is 0 Å². The molecular weight excluding hydrogens is 833 g/mol. The van der Waals surface area contributed by atoms with E-state index in [1.54, 1.807) is 74.4 Å². The number of likely N-dealkylation sites (tertiary alicyclic amines) is 3. The van der Waals surface area contributed by atoms with Crippen LogP contribution in [-0.2, 0) is 19.2 Å². The second-order valence-corrected chi connectivity index (χ2v) is 16.8. The number of hydrogen-bond donors (Lipinski definition) is 3. The lowest BCUT2D eigenvalue weighted by Crippen LogP contribution is -2.46. The smallest absolute Gasteiger partial charge is 0.244 e. The van der Waals surface area contributed by atoms with E-state index in [4.69, 9.17) is 29.7 Å². The zero-order chi connectivity index (χ0) is 45.4. The van der Waals surface area contributed by atoms with E-state index >= 15 is 0 Å². The molecule has 1 unspecified atom stereocenters. The Hall–Kier alpha value is -7.64. The number of likely N-dealkylation sites (N-methyl/N-ethyl adjacent to an activating group) is 2. The molecule has 3 aliphatic heterocycles. The van der Waals surface area contributed by atoms with Crippen molar-refractivity contribution in [1.82, 2.24) is 54.9 Å². The van der Waals surface area contributed by atoms with Crippen LogP contribution in [-0.4, -0.2) is 131 Å². The largest absolute Gasteiger partial charge is 0.368 e. The van der Waals surface area contributed by atoms with E-state index in [0.29, 0.717) is 96.1 Å². The third-order valence-corrected chi connectivity index (χ3v) is 12.2. The maximum absolute atomic E-state index is 14.1. The van der Waals surface area contributed by atoms with E-state index in [0.717, 1.165) is 18.4 Å². The molecule has 3 fully saturated rings. The predicted octanol–water partition coefficient (Wildman–Crippen LogP) is 4.08. The van der Waals surface area contributed by atoms with E-state index < -0.39 is 23.9 Å². The second kappa shape index (κ2) is 17.9. The van der Waals surface area contributed by atoms with Gasteiger partial charge < -0.3 is 40.1 Å². The van der Waals surface area contributed by atoms with Gasteiger partial charge >= 0.3 is 0 Å². The number of piperidine rings is 1. The maximum atomic E-state index is 14.1. The molecule has 6 aromatic rings. The van der Waals surface area contributed by atoms with E-state index in [2.05, 4.69) is 35.9 Å². The van der Waals surface area contributed by atoms with Crippen LogP contribution in [0.2, 0.25) is 0 Å². The first kappa shape index (κ1) is 42.7. The van der Waals surface area contributed by atoms with Gasteiger partial charge in [0.25, 0.3) is 0 Å². The quantitative estimate of drug-likeness (QED) is 0.148. The molecule has 20 nitrogen and oxygen atoms in total. The molecule has 9 heterocycles. The Bertz CT molecular complexity index is 2770. The molecular formula is C45H48N14O6. The van der Waals surface area contributed by atoms with E-state index in [9.17, 15) is 19.2 Å². The van der Waals surface area contributed by atoms with Gasteiger partial charge in [0.05, 0.1) is 34.2 Å². The van der Waals surface area contributed by atoms with E-state index in [-0.39, 0.29) is 41.5 Å². The van der Waals surface area contributed by atoms with Crippen molar-refractivity contribution in [3.63, 3.8) is 0 Å². The lowest BCUT2D eigenvalue weighted by Gasteiger charge is -2.35. The van der Waals surface area contributed by atoms with Gasteiger partial charge in [-0.15, -0.1) is 0 Å². The number of pyridine rings is 2. The molecule has 0 spiro atoms. The summed E-state index contributed by atoms with van der Waals surface area (Å²) in [7, 11) is 3.54. The lowest BCUT2D eigenvalue weighted by atomic mass is 9.89. The minimum Gasteiger partial charge on any atom is -0.368 e. The number of aromatic nitrogens is 8. The number of nitrogens with zero attached hydrogens (tertiary/aromatic N) is 11. The van der Waals surface area contributed by atoms with E-state index in [1.807, 2.05) is 35.2 Å². The standard InChI is InChI=1S/C45H48N14O6/c1-24(40(46)60)49-44-47-15-11-33(54-44)34-19-27(20-35(52-34)37-22-39(65-56-37)29-13-18-58(4)43(29)63)26-7-6-16-59(23-26)41(61)25(2)50-45-48-14-10-32(53-45)30-8-5-9-31(51-30)36-21-38(64-55-36)28-12-17-57(3)42(28)62/h5,8-11,14-15,19-22,24-26,28-29H,6-7,12-13,16-18,23H2,1-4H3,(H2,46,60)(H,47,49,54)(H,48,50,53)/t24-,25-,26?,28-,29-/m0/s1. The topological polar surface area (TPSA) is 257 Å². The average Bonchev–Trinajstić information content (AvgIpc) is 4.15. The van der Waals surface area contributed by atoms with Crippen LogP contribution in [0, 0.1) is 0 Å². The molecule has 3 saturated heterocycles. The summed E-state index contributed by atoms with van der Waals surface area (Å²) < 4.78 is 11.3. The summed E-state index contributed by atoms with van der Waals surface area (Å²) in [6.45, 7) is 5.70. The highest BCUT2D eigenvalue weighted by Gasteiger charge is 2.35. The molecule has 3 aliphatic rings. The summed E-state index contributed by atoms with van der Waals surface area (Å²) in [6, 6.07) is 15.0. The van der Waals surface area contributed by atoms with Gasteiger partial charge in [0, 0.05) is 70.7 Å². The maximum Gasteiger partial charge on any atom is 0.244 e. The fourth-order valence-electron chi connectivity index (χ4n) is 8.48. The molecule has 65 heavy (non-hydrogen) atoms. The van der Waals surface area contributed by atoms with Gasteiger partial charge in [-0.3, -0.25) is 19.2 Å². The first-order chi connectivity index (χ1) is 31.4. The summed E-state index contributed by atoms with van der Waals surface area (Å²) in [4.78, 5) is 84.3. The number of primary amides is 1. The van der Waals surface area contributed by atoms with Gasteiger partial charge in [0.2, 0.25) is 35.5 Å². The Balaban J connectivity index is 0.925. The zero-order valence-corrected chi connectivity index (χ0v) is 36.3. The summed E-state index contributed by atoms with van der Waals surface area (Å²) in [5.41, 5.74) is 10.6. The Kier molecular flexibility index (Phi) is 11.7. The Morgan fingerprint density at radius 1 is 0.662 bits per heavy atom. The summed E-state index contributed by atoms with van der Waals surface area (Å²) in [5.74, 6) is -0.0871. The molecule has 5 atom stereocenters. The number of anilines is 2. The minimum atomic E-state index is -0.711. The Morgan fingerprint density at radius 3 is 1.74 bits per heavy atom. The molecule has 0 radical (unpaired) electrons. The van der Waals surface area contributed by atoms with Crippen LogP contribution >= 0.6 is 0 Å².